The number of hydrogen-bond acceptors (Lipinski definition) is 3. The van der Waals surface area contributed by atoms with Gasteiger partial charge in [-0.1, -0.05) is 19.9 Å². The summed E-state index contributed by atoms with van der Waals surface area (Å²) in [6.45, 7) is 6.48. The normalized spacial score (nSPS) is 14.1. The maximum atomic E-state index is 13.6. The number of anilines is 3. The third kappa shape index (κ3) is 5.99. The molecule has 3 amide bonds. The lowest BCUT2D eigenvalue weighted by molar-refractivity contribution is -0.117. The predicted molar refractivity (Wildman–Crippen MR) is 127 cm³/mol. The Labute approximate surface area is 189 Å². The average molecular weight is 441 g/mol. The SMILES string of the molecule is CC(C)[C@@H](C)N(Cc1cc(NC(=O)C2CC2)ccc1N(C)C)C(=O)Nc1cccc(F)c1. The van der Waals surface area contributed by atoms with Crippen molar-refractivity contribution in [3.8, 4) is 0 Å². The minimum absolute atomic E-state index is 0.0461. The highest BCUT2D eigenvalue weighted by atomic mass is 19.1. The van der Waals surface area contributed by atoms with Crippen molar-refractivity contribution in [3.63, 3.8) is 0 Å². The lowest BCUT2D eigenvalue weighted by atomic mass is 10.0. The minimum Gasteiger partial charge on any atom is -0.377 e. The van der Waals surface area contributed by atoms with E-state index < -0.39 is 5.82 Å². The molecule has 6 nitrogen and oxygen atoms in total. The Kier molecular flexibility index (Phi) is 7.38. The van der Waals surface area contributed by atoms with Gasteiger partial charge in [-0.05, 0) is 67.6 Å². The third-order valence-electron chi connectivity index (χ3n) is 5.91. The van der Waals surface area contributed by atoms with E-state index in [0.717, 1.165) is 29.8 Å². The van der Waals surface area contributed by atoms with E-state index in [4.69, 9.17) is 0 Å². The van der Waals surface area contributed by atoms with Crippen molar-refractivity contribution in [2.45, 2.75) is 46.2 Å². The molecule has 1 fully saturated rings. The summed E-state index contributed by atoms with van der Waals surface area (Å²) in [6, 6.07) is 11.3. The minimum atomic E-state index is -0.403. The number of benzene rings is 2. The fourth-order valence-corrected chi connectivity index (χ4v) is 3.52. The Morgan fingerprint density at radius 2 is 1.72 bits per heavy atom. The molecule has 2 aromatic carbocycles. The second-order valence-corrected chi connectivity index (χ2v) is 9.05. The molecule has 1 aliphatic rings. The van der Waals surface area contributed by atoms with Crippen molar-refractivity contribution >= 4 is 29.0 Å². The molecule has 2 N–H and O–H groups in total. The van der Waals surface area contributed by atoms with Gasteiger partial charge in [0.2, 0.25) is 5.91 Å². The first kappa shape index (κ1) is 23.6. The zero-order valence-electron chi connectivity index (χ0n) is 19.5. The first-order valence-electron chi connectivity index (χ1n) is 11.1. The number of carbonyl (C=O) groups excluding carboxylic acids is 2. The smallest absolute Gasteiger partial charge is 0.322 e. The van der Waals surface area contributed by atoms with E-state index in [0.29, 0.717) is 12.2 Å². The highest BCUT2D eigenvalue weighted by Crippen LogP contribution is 2.31. The number of rotatable bonds is 8. The number of urea groups is 1. The van der Waals surface area contributed by atoms with E-state index in [1.54, 1.807) is 17.0 Å². The van der Waals surface area contributed by atoms with Gasteiger partial charge in [-0.15, -0.1) is 0 Å². The topological polar surface area (TPSA) is 64.7 Å². The molecule has 32 heavy (non-hydrogen) atoms. The van der Waals surface area contributed by atoms with Crippen molar-refractivity contribution in [2.24, 2.45) is 11.8 Å². The largest absolute Gasteiger partial charge is 0.377 e. The van der Waals surface area contributed by atoms with Gasteiger partial charge < -0.3 is 20.4 Å². The number of amides is 3. The number of halogens is 1. The summed E-state index contributed by atoms with van der Waals surface area (Å²) in [6.07, 6.45) is 1.88. The van der Waals surface area contributed by atoms with Crippen LogP contribution in [-0.2, 0) is 11.3 Å². The van der Waals surface area contributed by atoms with Crippen LogP contribution in [0.4, 0.5) is 26.2 Å². The van der Waals surface area contributed by atoms with Crippen LogP contribution in [-0.4, -0.2) is 37.0 Å². The first-order valence-corrected chi connectivity index (χ1v) is 11.1. The summed E-state index contributed by atoms with van der Waals surface area (Å²) in [5.41, 5.74) is 3.03. The summed E-state index contributed by atoms with van der Waals surface area (Å²) >= 11 is 0. The van der Waals surface area contributed by atoms with Crippen molar-refractivity contribution in [2.75, 3.05) is 29.6 Å². The van der Waals surface area contributed by atoms with E-state index in [1.807, 2.05) is 44.1 Å². The van der Waals surface area contributed by atoms with Crippen molar-refractivity contribution in [1.82, 2.24) is 4.90 Å². The van der Waals surface area contributed by atoms with Crippen LogP contribution in [0.3, 0.4) is 0 Å². The molecule has 1 atom stereocenters. The van der Waals surface area contributed by atoms with Crippen molar-refractivity contribution in [1.29, 1.82) is 0 Å². The monoisotopic (exact) mass is 440 g/mol. The van der Waals surface area contributed by atoms with Gasteiger partial charge in [0.25, 0.3) is 0 Å². The van der Waals surface area contributed by atoms with Crippen LogP contribution in [0, 0.1) is 17.7 Å². The molecule has 3 rings (SSSR count). The molecule has 1 saturated carbocycles. The standard InChI is InChI=1S/C25H33FN4O2/c1-16(2)17(3)30(25(32)28-21-8-6-7-20(26)14-21)15-19-13-22(11-12-23(19)29(4)5)27-24(31)18-9-10-18/h6-8,11-14,16-18H,9-10,15H2,1-5H3,(H,27,31)(H,28,32)/t17-/m1/s1. The molecule has 0 saturated heterocycles. The summed E-state index contributed by atoms with van der Waals surface area (Å²) in [5, 5.41) is 5.81. The average Bonchev–Trinajstić information content (AvgIpc) is 3.56. The Morgan fingerprint density at radius 1 is 1.03 bits per heavy atom. The van der Waals surface area contributed by atoms with Crippen molar-refractivity contribution in [3.05, 3.63) is 53.8 Å². The van der Waals surface area contributed by atoms with Gasteiger partial charge >= 0.3 is 6.03 Å². The molecular formula is C25H33FN4O2. The summed E-state index contributed by atoms with van der Waals surface area (Å²) in [5.74, 6) is -0.0274. The van der Waals surface area contributed by atoms with E-state index in [1.165, 1.54) is 12.1 Å². The van der Waals surface area contributed by atoms with Gasteiger partial charge in [0.1, 0.15) is 5.82 Å². The second kappa shape index (κ2) is 10.0. The van der Waals surface area contributed by atoms with Crippen LogP contribution in [0.1, 0.15) is 39.2 Å². The van der Waals surface area contributed by atoms with E-state index >= 15 is 0 Å². The van der Waals surface area contributed by atoms with Crippen molar-refractivity contribution < 1.29 is 14.0 Å². The summed E-state index contributed by atoms with van der Waals surface area (Å²) in [7, 11) is 3.90. The van der Waals surface area contributed by atoms with Crippen LogP contribution >= 0.6 is 0 Å². The van der Waals surface area contributed by atoms with Gasteiger partial charge in [-0.25, -0.2) is 9.18 Å². The van der Waals surface area contributed by atoms with Crippen LogP contribution in [0.2, 0.25) is 0 Å². The molecule has 2 aromatic rings. The van der Waals surface area contributed by atoms with Gasteiger partial charge in [0.05, 0.1) is 0 Å². The van der Waals surface area contributed by atoms with E-state index in [2.05, 4.69) is 24.5 Å². The fraction of sp³-hybridized carbons (Fsp3) is 0.440. The predicted octanol–water partition coefficient (Wildman–Crippen LogP) is 5.32. The number of nitrogens with zero attached hydrogens (tertiary/aromatic N) is 2. The highest BCUT2D eigenvalue weighted by Gasteiger charge is 2.30. The zero-order chi connectivity index (χ0) is 23.4. The van der Waals surface area contributed by atoms with Gasteiger partial charge in [-0.2, -0.15) is 0 Å². The molecule has 0 spiro atoms. The third-order valence-corrected chi connectivity index (χ3v) is 5.91. The van der Waals surface area contributed by atoms with Crippen LogP contribution in [0.5, 0.6) is 0 Å². The van der Waals surface area contributed by atoms with Crippen LogP contribution in [0.15, 0.2) is 42.5 Å². The van der Waals surface area contributed by atoms with Gasteiger partial charge in [0.15, 0.2) is 0 Å². The number of carbonyl (C=O) groups is 2. The molecule has 0 radical (unpaired) electrons. The number of nitrogens with one attached hydrogen (secondary N) is 2. The maximum absolute atomic E-state index is 13.6. The molecule has 0 aliphatic heterocycles. The zero-order valence-corrected chi connectivity index (χ0v) is 19.5. The molecule has 1 aliphatic carbocycles. The molecule has 0 heterocycles. The highest BCUT2D eigenvalue weighted by molar-refractivity contribution is 5.94. The molecule has 0 bridgehead atoms. The van der Waals surface area contributed by atoms with Gasteiger partial charge in [-0.3, -0.25) is 4.79 Å². The lowest BCUT2D eigenvalue weighted by Gasteiger charge is -2.33. The maximum Gasteiger partial charge on any atom is 0.322 e. The summed E-state index contributed by atoms with van der Waals surface area (Å²) < 4.78 is 13.6. The molecule has 0 unspecified atom stereocenters. The summed E-state index contributed by atoms with van der Waals surface area (Å²) in [4.78, 5) is 29.2. The second-order valence-electron chi connectivity index (χ2n) is 9.05. The molecule has 172 valence electrons. The van der Waals surface area contributed by atoms with Crippen LogP contribution < -0.4 is 15.5 Å². The fourth-order valence-electron chi connectivity index (χ4n) is 3.52. The van der Waals surface area contributed by atoms with Gasteiger partial charge in [0, 0.05) is 49.7 Å². The Bertz CT molecular complexity index is 972. The Hall–Kier alpha value is -3.09. The van der Waals surface area contributed by atoms with Crippen LogP contribution in [0.25, 0.3) is 0 Å². The van der Waals surface area contributed by atoms with E-state index in [-0.39, 0.29) is 29.8 Å². The molecule has 7 heteroatoms. The molecular weight excluding hydrogens is 407 g/mol. The lowest BCUT2D eigenvalue weighted by Crippen LogP contribution is -2.43. The Balaban J connectivity index is 1.87. The Morgan fingerprint density at radius 3 is 2.31 bits per heavy atom. The molecule has 0 aromatic heterocycles. The first-order chi connectivity index (χ1) is 15.2. The quantitative estimate of drug-likeness (QED) is 0.584. The number of hydrogen-bond donors (Lipinski definition) is 2. The van der Waals surface area contributed by atoms with E-state index in [9.17, 15) is 14.0 Å².